The maximum atomic E-state index is 11.9. The second kappa shape index (κ2) is 7.77. The number of fused-ring (bicyclic) bond motifs is 1. The maximum absolute atomic E-state index is 11.9. The minimum Gasteiger partial charge on any atom is -0.337 e. The summed E-state index contributed by atoms with van der Waals surface area (Å²) in [6, 6.07) is 9.22. The van der Waals surface area contributed by atoms with Gasteiger partial charge in [0, 0.05) is 44.8 Å². The first-order chi connectivity index (χ1) is 11.2. The zero-order chi connectivity index (χ0) is 16.1. The summed E-state index contributed by atoms with van der Waals surface area (Å²) in [5.74, 6) is 0. The van der Waals surface area contributed by atoms with E-state index in [-0.39, 0.29) is 6.03 Å². The molecule has 1 fully saturated rings. The Hall–Kier alpha value is -1.63. The van der Waals surface area contributed by atoms with E-state index in [4.69, 9.17) is 0 Å². The highest BCUT2D eigenvalue weighted by molar-refractivity contribution is 5.73. The van der Waals surface area contributed by atoms with Crippen molar-refractivity contribution < 1.29 is 4.79 Å². The van der Waals surface area contributed by atoms with Gasteiger partial charge in [-0.05, 0) is 30.9 Å². The Morgan fingerprint density at radius 2 is 2.17 bits per heavy atom. The fourth-order valence-electron chi connectivity index (χ4n) is 3.23. The molecule has 2 aliphatic rings. The van der Waals surface area contributed by atoms with Crippen LogP contribution in [-0.4, -0.2) is 49.2 Å². The zero-order valence-electron chi connectivity index (χ0n) is 13.8. The second-order valence-corrected chi connectivity index (χ2v) is 6.49. The number of nitrogens with zero attached hydrogens (tertiary/aromatic N) is 1. The van der Waals surface area contributed by atoms with E-state index in [1.165, 1.54) is 11.1 Å². The molecule has 2 heterocycles. The van der Waals surface area contributed by atoms with Crippen LogP contribution >= 0.6 is 0 Å². The van der Waals surface area contributed by atoms with Gasteiger partial charge in [-0.25, -0.2) is 4.79 Å². The molecular formula is C17H27N5O. The Morgan fingerprint density at radius 1 is 1.35 bits per heavy atom. The lowest BCUT2D eigenvalue weighted by Crippen LogP contribution is -2.48. The summed E-state index contributed by atoms with van der Waals surface area (Å²) in [4.78, 5) is 14.3. The summed E-state index contributed by atoms with van der Waals surface area (Å²) in [6.07, 6.45) is 2.14. The van der Waals surface area contributed by atoms with Crippen molar-refractivity contribution in [2.45, 2.75) is 38.4 Å². The molecule has 6 heteroatoms. The number of hydrogen-bond acceptors (Lipinski definition) is 4. The first-order valence-electron chi connectivity index (χ1n) is 8.53. The molecule has 1 aromatic rings. The predicted octanol–water partition coefficient (Wildman–Crippen LogP) is 0.599. The van der Waals surface area contributed by atoms with Crippen molar-refractivity contribution in [3.8, 4) is 0 Å². The number of carbonyl (C=O) groups is 1. The molecule has 0 radical (unpaired) electrons. The summed E-state index contributed by atoms with van der Waals surface area (Å²) >= 11 is 0. The Morgan fingerprint density at radius 3 is 2.96 bits per heavy atom. The fraction of sp³-hybridized carbons (Fsp3) is 0.588. The fourth-order valence-corrected chi connectivity index (χ4v) is 3.23. The minimum atomic E-state index is -0.0806. The van der Waals surface area contributed by atoms with Crippen LogP contribution in [0.25, 0.3) is 0 Å². The van der Waals surface area contributed by atoms with Crippen LogP contribution in [0.5, 0.6) is 0 Å². The van der Waals surface area contributed by atoms with Crippen LogP contribution in [0, 0.1) is 0 Å². The van der Waals surface area contributed by atoms with Gasteiger partial charge in [0.2, 0.25) is 0 Å². The van der Waals surface area contributed by atoms with E-state index in [0.29, 0.717) is 25.2 Å². The largest absolute Gasteiger partial charge is 0.337 e. The summed E-state index contributed by atoms with van der Waals surface area (Å²) in [5.41, 5.74) is 9.08. The number of benzene rings is 1. The summed E-state index contributed by atoms with van der Waals surface area (Å²) in [7, 11) is 0. The topological polar surface area (TPSA) is 68.4 Å². The van der Waals surface area contributed by atoms with Gasteiger partial charge < -0.3 is 10.6 Å². The monoisotopic (exact) mass is 317 g/mol. The predicted molar refractivity (Wildman–Crippen MR) is 91.0 cm³/mol. The third-order valence-corrected chi connectivity index (χ3v) is 4.77. The number of hydrazine groups is 1. The number of hydrogen-bond donors (Lipinski definition) is 4. The Balaban J connectivity index is 1.39. The van der Waals surface area contributed by atoms with Gasteiger partial charge in [0.15, 0.2) is 0 Å². The Kier molecular flexibility index (Phi) is 5.48. The molecule has 1 saturated heterocycles. The third-order valence-electron chi connectivity index (χ3n) is 4.77. The van der Waals surface area contributed by atoms with E-state index in [9.17, 15) is 4.79 Å². The molecule has 126 valence electrons. The average Bonchev–Trinajstić information content (AvgIpc) is 3.11. The van der Waals surface area contributed by atoms with Crippen molar-refractivity contribution >= 4 is 6.03 Å². The Labute approximate surface area is 138 Å². The molecule has 2 amide bonds. The van der Waals surface area contributed by atoms with E-state index >= 15 is 0 Å². The summed E-state index contributed by atoms with van der Waals surface area (Å²) in [6.45, 7) is 6.49. The van der Waals surface area contributed by atoms with E-state index in [1.807, 2.05) is 0 Å². The smallest absolute Gasteiger partial charge is 0.314 e. The Bertz CT molecular complexity index is 529. The van der Waals surface area contributed by atoms with E-state index < -0.39 is 0 Å². The molecule has 2 atom stereocenters. The minimum absolute atomic E-state index is 0.0806. The third kappa shape index (κ3) is 4.43. The molecule has 1 aromatic carbocycles. The van der Waals surface area contributed by atoms with Gasteiger partial charge >= 0.3 is 6.03 Å². The van der Waals surface area contributed by atoms with Gasteiger partial charge in [0.25, 0.3) is 0 Å². The van der Waals surface area contributed by atoms with Crippen LogP contribution < -0.4 is 21.5 Å². The van der Waals surface area contributed by atoms with E-state index in [0.717, 1.165) is 32.5 Å². The molecule has 23 heavy (non-hydrogen) atoms. The van der Waals surface area contributed by atoms with Crippen LogP contribution in [-0.2, 0) is 13.0 Å². The molecule has 0 aromatic heterocycles. The lowest BCUT2D eigenvalue weighted by atomic mass is 9.99. The molecule has 2 aliphatic heterocycles. The van der Waals surface area contributed by atoms with Crippen molar-refractivity contribution in [2.24, 2.45) is 0 Å². The van der Waals surface area contributed by atoms with Crippen LogP contribution in [0.1, 0.15) is 24.5 Å². The molecule has 0 aliphatic carbocycles. The lowest BCUT2D eigenvalue weighted by Gasteiger charge is -2.33. The van der Waals surface area contributed by atoms with Gasteiger partial charge in [-0.15, -0.1) is 0 Å². The molecule has 3 rings (SSSR count). The highest BCUT2D eigenvalue weighted by Crippen LogP contribution is 2.19. The van der Waals surface area contributed by atoms with Crippen molar-refractivity contribution in [3.63, 3.8) is 0 Å². The molecule has 0 bridgehead atoms. The number of urea groups is 1. The molecular weight excluding hydrogens is 290 g/mol. The normalized spacial score (nSPS) is 22.4. The van der Waals surface area contributed by atoms with Crippen molar-refractivity contribution in [3.05, 3.63) is 35.4 Å². The van der Waals surface area contributed by atoms with Crippen LogP contribution in [0.2, 0.25) is 0 Å². The molecule has 0 saturated carbocycles. The molecule has 4 N–H and O–H groups in total. The average molecular weight is 317 g/mol. The standard InChI is InChI=1S/C17H27N5O/c1-13(10-18-17(23)19-11-16-6-8-20-21-16)22-9-7-14-4-2-3-5-15(14)12-22/h2-5,13,16,20-21H,6-12H2,1H3,(H2,18,19,23). The van der Waals surface area contributed by atoms with Crippen molar-refractivity contribution in [1.82, 2.24) is 26.4 Å². The van der Waals surface area contributed by atoms with Crippen LogP contribution in [0.15, 0.2) is 24.3 Å². The van der Waals surface area contributed by atoms with Crippen molar-refractivity contribution in [1.29, 1.82) is 0 Å². The van der Waals surface area contributed by atoms with Crippen molar-refractivity contribution in [2.75, 3.05) is 26.2 Å². The lowest BCUT2D eigenvalue weighted by molar-refractivity contribution is 0.185. The van der Waals surface area contributed by atoms with Gasteiger partial charge in [0.1, 0.15) is 0 Å². The first-order valence-corrected chi connectivity index (χ1v) is 8.53. The maximum Gasteiger partial charge on any atom is 0.314 e. The highest BCUT2D eigenvalue weighted by Gasteiger charge is 2.21. The van der Waals surface area contributed by atoms with Crippen LogP contribution in [0.4, 0.5) is 4.79 Å². The number of nitrogens with one attached hydrogen (secondary N) is 4. The van der Waals surface area contributed by atoms with E-state index in [1.54, 1.807) is 0 Å². The molecule has 6 nitrogen and oxygen atoms in total. The number of amides is 2. The number of carbonyl (C=O) groups excluding carboxylic acids is 1. The van der Waals surface area contributed by atoms with Gasteiger partial charge in [0.05, 0.1) is 0 Å². The number of rotatable bonds is 5. The second-order valence-electron chi connectivity index (χ2n) is 6.49. The molecule has 0 spiro atoms. The van der Waals surface area contributed by atoms with Crippen LogP contribution in [0.3, 0.4) is 0 Å². The quantitative estimate of drug-likeness (QED) is 0.642. The van der Waals surface area contributed by atoms with E-state index in [2.05, 4.69) is 57.6 Å². The summed E-state index contributed by atoms with van der Waals surface area (Å²) in [5, 5.41) is 5.92. The van der Waals surface area contributed by atoms with Gasteiger partial charge in [-0.1, -0.05) is 24.3 Å². The van der Waals surface area contributed by atoms with Gasteiger partial charge in [-0.3, -0.25) is 15.8 Å². The SMILES string of the molecule is CC(CNC(=O)NCC1CCNN1)N1CCc2ccccc2C1. The first kappa shape index (κ1) is 16.2. The summed E-state index contributed by atoms with van der Waals surface area (Å²) < 4.78 is 0. The van der Waals surface area contributed by atoms with Gasteiger partial charge in [-0.2, -0.15) is 0 Å². The molecule has 2 unspecified atom stereocenters. The zero-order valence-corrected chi connectivity index (χ0v) is 13.8. The highest BCUT2D eigenvalue weighted by atomic mass is 16.2.